The SMILES string of the molecule is CC(C)CC(N)CNS(=O)(=O)CCc1ccccn1. The third-order valence-electron chi connectivity index (χ3n) is 2.69. The summed E-state index contributed by atoms with van der Waals surface area (Å²) < 4.78 is 26.2. The van der Waals surface area contributed by atoms with Crippen LogP contribution in [-0.4, -0.2) is 31.7 Å². The van der Waals surface area contributed by atoms with E-state index in [2.05, 4.69) is 23.6 Å². The van der Waals surface area contributed by atoms with E-state index in [-0.39, 0.29) is 11.8 Å². The molecule has 0 saturated carbocycles. The Morgan fingerprint density at radius 2 is 2.11 bits per heavy atom. The largest absolute Gasteiger partial charge is 0.327 e. The smallest absolute Gasteiger partial charge is 0.212 e. The molecule has 108 valence electrons. The molecule has 1 aromatic rings. The van der Waals surface area contributed by atoms with E-state index < -0.39 is 10.0 Å². The molecule has 1 aromatic heterocycles. The number of nitrogens with two attached hydrogens (primary N) is 1. The lowest BCUT2D eigenvalue weighted by Crippen LogP contribution is -2.39. The summed E-state index contributed by atoms with van der Waals surface area (Å²) in [4.78, 5) is 4.10. The molecule has 5 nitrogen and oxygen atoms in total. The highest BCUT2D eigenvalue weighted by molar-refractivity contribution is 7.89. The highest BCUT2D eigenvalue weighted by Crippen LogP contribution is 2.02. The second-order valence-electron chi connectivity index (χ2n) is 5.13. The summed E-state index contributed by atoms with van der Waals surface area (Å²) in [5.74, 6) is 0.506. The first-order valence-corrected chi connectivity index (χ1v) is 8.17. The summed E-state index contributed by atoms with van der Waals surface area (Å²) >= 11 is 0. The van der Waals surface area contributed by atoms with Crippen molar-refractivity contribution in [1.82, 2.24) is 9.71 Å². The van der Waals surface area contributed by atoms with Gasteiger partial charge >= 0.3 is 0 Å². The monoisotopic (exact) mass is 285 g/mol. The van der Waals surface area contributed by atoms with E-state index in [9.17, 15) is 8.42 Å². The molecule has 0 saturated heterocycles. The maximum Gasteiger partial charge on any atom is 0.212 e. The van der Waals surface area contributed by atoms with Crippen molar-refractivity contribution in [2.45, 2.75) is 32.7 Å². The number of hydrogen-bond donors (Lipinski definition) is 2. The summed E-state index contributed by atoms with van der Waals surface area (Å²) in [6, 6.07) is 5.34. The van der Waals surface area contributed by atoms with Gasteiger partial charge in [0.2, 0.25) is 10.0 Å². The fraction of sp³-hybridized carbons (Fsp3) is 0.615. The molecule has 1 heterocycles. The first-order valence-electron chi connectivity index (χ1n) is 6.52. The lowest BCUT2D eigenvalue weighted by Gasteiger charge is -2.14. The van der Waals surface area contributed by atoms with Gasteiger partial charge in [-0.25, -0.2) is 13.1 Å². The predicted octanol–water partition coefficient (Wildman–Crippen LogP) is 0.917. The minimum absolute atomic E-state index is 0.0401. The Labute approximate surface area is 115 Å². The molecule has 0 bridgehead atoms. The minimum Gasteiger partial charge on any atom is -0.327 e. The average molecular weight is 285 g/mol. The van der Waals surface area contributed by atoms with Crippen molar-refractivity contribution in [3.63, 3.8) is 0 Å². The predicted molar refractivity (Wildman–Crippen MR) is 77.2 cm³/mol. The van der Waals surface area contributed by atoms with E-state index >= 15 is 0 Å². The molecular weight excluding hydrogens is 262 g/mol. The van der Waals surface area contributed by atoms with Crippen molar-refractivity contribution in [3.05, 3.63) is 30.1 Å². The Balaban J connectivity index is 2.36. The van der Waals surface area contributed by atoms with Crippen LogP contribution in [0, 0.1) is 5.92 Å². The number of nitrogens with zero attached hydrogens (tertiary/aromatic N) is 1. The lowest BCUT2D eigenvalue weighted by molar-refractivity contribution is 0.485. The van der Waals surface area contributed by atoms with Crippen LogP contribution in [0.5, 0.6) is 0 Å². The lowest BCUT2D eigenvalue weighted by atomic mass is 10.1. The molecule has 1 unspecified atom stereocenters. The zero-order valence-corrected chi connectivity index (χ0v) is 12.4. The molecule has 0 aliphatic carbocycles. The van der Waals surface area contributed by atoms with Crippen LogP contribution in [0.15, 0.2) is 24.4 Å². The fourth-order valence-electron chi connectivity index (χ4n) is 1.78. The molecule has 1 atom stereocenters. The van der Waals surface area contributed by atoms with Gasteiger partial charge in [0.25, 0.3) is 0 Å². The summed E-state index contributed by atoms with van der Waals surface area (Å²) in [7, 11) is -3.28. The van der Waals surface area contributed by atoms with Crippen molar-refractivity contribution in [2.24, 2.45) is 11.7 Å². The van der Waals surface area contributed by atoms with Gasteiger partial charge in [-0.1, -0.05) is 19.9 Å². The highest BCUT2D eigenvalue weighted by atomic mass is 32.2. The van der Waals surface area contributed by atoms with Crippen LogP contribution in [0.4, 0.5) is 0 Å². The van der Waals surface area contributed by atoms with Crippen LogP contribution in [0.3, 0.4) is 0 Å². The van der Waals surface area contributed by atoms with E-state index in [1.54, 1.807) is 12.3 Å². The molecular formula is C13H23N3O2S. The van der Waals surface area contributed by atoms with Crippen LogP contribution in [0.25, 0.3) is 0 Å². The molecule has 6 heteroatoms. The molecule has 1 rings (SSSR count). The molecule has 0 spiro atoms. The normalized spacial score (nSPS) is 13.7. The first kappa shape index (κ1) is 16.1. The van der Waals surface area contributed by atoms with Gasteiger partial charge in [-0.3, -0.25) is 4.98 Å². The number of rotatable bonds is 8. The molecule has 19 heavy (non-hydrogen) atoms. The van der Waals surface area contributed by atoms with Crippen molar-refractivity contribution in [3.8, 4) is 0 Å². The number of aryl methyl sites for hydroxylation is 1. The Kier molecular flexibility index (Phi) is 6.41. The Morgan fingerprint density at radius 1 is 1.37 bits per heavy atom. The van der Waals surface area contributed by atoms with Gasteiger partial charge in [-0.05, 0) is 24.5 Å². The molecule has 0 aromatic carbocycles. The van der Waals surface area contributed by atoms with E-state index in [0.29, 0.717) is 18.9 Å². The molecule has 0 aliphatic rings. The van der Waals surface area contributed by atoms with Gasteiger partial charge in [0.15, 0.2) is 0 Å². The van der Waals surface area contributed by atoms with E-state index in [1.165, 1.54) is 0 Å². The first-order chi connectivity index (χ1) is 8.89. The Morgan fingerprint density at radius 3 is 2.68 bits per heavy atom. The number of pyridine rings is 1. The highest BCUT2D eigenvalue weighted by Gasteiger charge is 2.13. The third-order valence-corrected chi connectivity index (χ3v) is 4.04. The van der Waals surface area contributed by atoms with Crippen LogP contribution >= 0.6 is 0 Å². The zero-order chi connectivity index (χ0) is 14.3. The average Bonchev–Trinajstić information content (AvgIpc) is 2.35. The number of aromatic nitrogens is 1. The molecule has 0 fully saturated rings. The second-order valence-corrected chi connectivity index (χ2v) is 7.05. The maximum absolute atomic E-state index is 11.8. The van der Waals surface area contributed by atoms with Crippen molar-refractivity contribution < 1.29 is 8.42 Å². The summed E-state index contributed by atoms with van der Waals surface area (Å²) in [5.41, 5.74) is 6.63. The van der Waals surface area contributed by atoms with Crippen molar-refractivity contribution in [2.75, 3.05) is 12.3 Å². The minimum atomic E-state index is -3.28. The number of sulfonamides is 1. The van der Waals surface area contributed by atoms with E-state index in [0.717, 1.165) is 12.1 Å². The van der Waals surface area contributed by atoms with Gasteiger partial charge in [-0.15, -0.1) is 0 Å². The molecule has 0 radical (unpaired) electrons. The quantitative estimate of drug-likeness (QED) is 0.743. The molecule has 3 N–H and O–H groups in total. The summed E-state index contributed by atoms with van der Waals surface area (Å²) in [6.45, 7) is 4.42. The summed E-state index contributed by atoms with van der Waals surface area (Å²) in [6.07, 6.45) is 2.88. The van der Waals surface area contributed by atoms with Crippen molar-refractivity contribution in [1.29, 1.82) is 0 Å². The van der Waals surface area contributed by atoms with Crippen LogP contribution in [0.2, 0.25) is 0 Å². The molecule has 0 amide bonds. The van der Waals surface area contributed by atoms with Gasteiger partial charge in [0.05, 0.1) is 5.75 Å². The van der Waals surface area contributed by atoms with Gasteiger partial charge in [0, 0.05) is 30.9 Å². The summed E-state index contributed by atoms with van der Waals surface area (Å²) in [5, 5.41) is 0. The van der Waals surface area contributed by atoms with Crippen LogP contribution in [0.1, 0.15) is 26.0 Å². The van der Waals surface area contributed by atoms with E-state index in [1.807, 2.05) is 12.1 Å². The fourth-order valence-corrected chi connectivity index (χ4v) is 2.87. The van der Waals surface area contributed by atoms with Crippen LogP contribution in [-0.2, 0) is 16.4 Å². The van der Waals surface area contributed by atoms with Crippen molar-refractivity contribution >= 4 is 10.0 Å². The number of hydrogen-bond acceptors (Lipinski definition) is 4. The third kappa shape index (κ3) is 7.25. The standard InChI is InChI=1S/C13H23N3O2S/c1-11(2)9-12(14)10-16-19(17,18)8-6-13-5-3-4-7-15-13/h3-5,7,11-12,16H,6,8-10,14H2,1-2H3. The Hall–Kier alpha value is -0.980. The number of nitrogens with one attached hydrogen (secondary N) is 1. The zero-order valence-electron chi connectivity index (χ0n) is 11.5. The van der Waals surface area contributed by atoms with Gasteiger partial charge in [0.1, 0.15) is 0 Å². The molecule has 0 aliphatic heterocycles. The second kappa shape index (κ2) is 7.57. The van der Waals surface area contributed by atoms with E-state index in [4.69, 9.17) is 5.73 Å². The Bertz CT molecular complexity index is 460. The van der Waals surface area contributed by atoms with Crippen LogP contribution < -0.4 is 10.5 Å². The van der Waals surface area contributed by atoms with Gasteiger partial charge < -0.3 is 5.73 Å². The topological polar surface area (TPSA) is 85.1 Å². The maximum atomic E-state index is 11.8. The van der Waals surface area contributed by atoms with Gasteiger partial charge in [-0.2, -0.15) is 0 Å².